The van der Waals surface area contributed by atoms with E-state index in [9.17, 15) is 4.79 Å². The molecule has 0 radical (unpaired) electrons. The Bertz CT molecular complexity index is 537. The van der Waals surface area contributed by atoms with Crippen molar-refractivity contribution in [2.75, 3.05) is 26.9 Å². The minimum Gasteiger partial charge on any atom is -0.491 e. The molecule has 4 heteroatoms. The molecular formula is C17H23NO3. The number of carbonyl (C=O) groups excluding carboxylic acids is 1. The van der Waals surface area contributed by atoms with E-state index in [0.717, 1.165) is 29.0 Å². The van der Waals surface area contributed by atoms with Crippen molar-refractivity contribution < 1.29 is 14.3 Å². The van der Waals surface area contributed by atoms with Crippen LogP contribution in [0.4, 0.5) is 0 Å². The zero-order valence-corrected chi connectivity index (χ0v) is 13.0. The number of amides is 1. The summed E-state index contributed by atoms with van der Waals surface area (Å²) in [6.07, 6.45) is 3.57. The number of hydrogen-bond donors (Lipinski definition) is 0. The lowest BCUT2D eigenvalue weighted by Gasteiger charge is -2.28. The van der Waals surface area contributed by atoms with Crippen molar-refractivity contribution >= 4 is 11.6 Å². The average molecular weight is 289 g/mol. The number of methoxy groups -OCH3 is 1. The van der Waals surface area contributed by atoms with E-state index in [0.29, 0.717) is 26.2 Å². The Labute approximate surface area is 126 Å². The number of aryl methyl sites for hydroxylation is 1. The summed E-state index contributed by atoms with van der Waals surface area (Å²) in [5, 5.41) is 0. The van der Waals surface area contributed by atoms with Crippen LogP contribution in [-0.4, -0.2) is 37.7 Å². The molecule has 0 aliphatic carbocycles. The maximum absolute atomic E-state index is 12.0. The van der Waals surface area contributed by atoms with Gasteiger partial charge in [-0.15, -0.1) is 0 Å². The van der Waals surface area contributed by atoms with E-state index in [-0.39, 0.29) is 5.91 Å². The van der Waals surface area contributed by atoms with Gasteiger partial charge in [0.25, 0.3) is 0 Å². The van der Waals surface area contributed by atoms with Crippen molar-refractivity contribution in [3.8, 4) is 5.75 Å². The predicted molar refractivity (Wildman–Crippen MR) is 83.1 cm³/mol. The zero-order valence-electron chi connectivity index (χ0n) is 13.0. The van der Waals surface area contributed by atoms with Crippen LogP contribution in [0.15, 0.2) is 24.3 Å². The molecule has 21 heavy (non-hydrogen) atoms. The molecule has 2 rings (SSSR count). The largest absolute Gasteiger partial charge is 0.491 e. The quantitative estimate of drug-likeness (QED) is 0.756. The maximum Gasteiger partial charge on any atom is 0.227 e. The van der Waals surface area contributed by atoms with Crippen LogP contribution in [0.3, 0.4) is 0 Å². The molecular weight excluding hydrogens is 266 g/mol. The van der Waals surface area contributed by atoms with Gasteiger partial charge in [-0.1, -0.05) is 6.08 Å². The van der Waals surface area contributed by atoms with Crippen LogP contribution in [0.5, 0.6) is 5.75 Å². The second-order valence-corrected chi connectivity index (χ2v) is 5.08. The first kappa shape index (κ1) is 15.6. The standard InChI is InChI=1S/C17H23NO3/c1-4-18-16(6-5-7-17(18)19)15-9-8-14(12-13(15)2)21-11-10-20-3/h6,8-9,12H,4-5,7,10-11H2,1-3H3. The number of ether oxygens (including phenoxy) is 2. The van der Waals surface area contributed by atoms with Gasteiger partial charge in [-0.25, -0.2) is 0 Å². The molecule has 1 aliphatic rings. The average Bonchev–Trinajstić information content (AvgIpc) is 2.47. The van der Waals surface area contributed by atoms with Crippen LogP contribution in [0.1, 0.15) is 30.9 Å². The van der Waals surface area contributed by atoms with Gasteiger partial charge in [-0.3, -0.25) is 4.79 Å². The van der Waals surface area contributed by atoms with Gasteiger partial charge in [0.15, 0.2) is 0 Å². The fourth-order valence-electron chi connectivity index (χ4n) is 2.57. The summed E-state index contributed by atoms with van der Waals surface area (Å²) in [7, 11) is 1.66. The van der Waals surface area contributed by atoms with Gasteiger partial charge >= 0.3 is 0 Å². The summed E-state index contributed by atoms with van der Waals surface area (Å²) >= 11 is 0. The molecule has 0 fully saturated rings. The fraction of sp³-hybridized carbons (Fsp3) is 0.471. The number of allylic oxidation sites excluding steroid dienone is 1. The SMILES string of the molecule is CCN1C(=O)CCC=C1c1ccc(OCCOC)cc1C. The summed E-state index contributed by atoms with van der Waals surface area (Å²) < 4.78 is 10.6. The minimum atomic E-state index is 0.204. The van der Waals surface area contributed by atoms with E-state index in [1.54, 1.807) is 7.11 Å². The van der Waals surface area contributed by atoms with Crippen LogP contribution >= 0.6 is 0 Å². The molecule has 1 heterocycles. The summed E-state index contributed by atoms with van der Waals surface area (Å²) in [4.78, 5) is 13.9. The van der Waals surface area contributed by atoms with E-state index < -0.39 is 0 Å². The van der Waals surface area contributed by atoms with Crippen molar-refractivity contribution in [2.45, 2.75) is 26.7 Å². The third-order valence-corrected chi connectivity index (χ3v) is 3.63. The first-order chi connectivity index (χ1) is 10.2. The van der Waals surface area contributed by atoms with Gasteiger partial charge in [0.05, 0.1) is 6.61 Å². The van der Waals surface area contributed by atoms with Crippen LogP contribution in [-0.2, 0) is 9.53 Å². The van der Waals surface area contributed by atoms with Crippen LogP contribution in [0.2, 0.25) is 0 Å². The molecule has 114 valence electrons. The third-order valence-electron chi connectivity index (χ3n) is 3.63. The Morgan fingerprint density at radius 1 is 1.29 bits per heavy atom. The number of nitrogens with zero attached hydrogens (tertiary/aromatic N) is 1. The second kappa shape index (κ2) is 7.27. The maximum atomic E-state index is 12.0. The van der Waals surface area contributed by atoms with Crippen molar-refractivity contribution in [3.63, 3.8) is 0 Å². The molecule has 0 unspecified atom stereocenters. The predicted octanol–water partition coefficient (Wildman–Crippen LogP) is 3.00. The highest BCUT2D eigenvalue weighted by molar-refractivity contribution is 5.89. The van der Waals surface area contributed by atoms with Gasteiger partial charge in [0.1, 0.15) is 12.4 Å². The monoisotopic (exact) mass is 289 g/mol. The van der Waals surface area contributed by atoms with Crippen molar-refractivity contribution in [1.29, 1.82) is 0 Å². The van der Waals surface area contributed by atoms with Crippen LogP contribution in [0, 0.1) is 6.92 Å². The molecule has 1 amide bonds. The van der Waals surface area contributed by atoms with E-state index >= 15 is 0 Å². The number of rotatable bonds is 6. The zero-order chi connectivity index (χ0) is 15.2. The molecule has 0 spiro atoms. The highest BCUT2D eigenvalue weighted by Gasteiger charge is 2.22. The number of carbonyl (C=O) groups is 1. The van der Waals surface area contributed by atoms with E-state index in [2.05, 4.69) is 6.08 Å². The first-order valence-electron chi connectivity index (χ1n) is 7.40. The van der Waals surface area contributed by atoms with E-state index in [1.165, 1.54) is 0 Å². The van der Waals surface area contributed by atoms with Gasteiger partial charge in [0.2, 0.25) is 5.91 Å². The van der Waals surface area contributed by atoms with Gasteiger partial charge in [0, 0.05) is 31.3 Å². The van der Waals surface area contributed by atoms with E-state index in [1.807, 2.05) is 36.9 Å². The smallest absolute Gasteiger partial charge is 0.227 e. The van der Waals surface area contributed by atoms with Crippen LogP contribution in [0.25, 0.3) is 5.70 Å². The summed E-state index contributed by atoms with van der Waals surface area (Å²) in [5.74, 6) is 1.04. The number of benzene rings is 1. The fourth-order valence-corrected chi connectivity index (χ4v) is 2.57. The molecule has 0 N–H and O–H groups in total. The van der Waals surface area contributed by atoms with Crippen LogP contribution < -0.4 is 4.74 Å². The minimum absolute atomic E-state index is 0.204. The Hall–Kier alpha value is -1.81. The van der Waals surface area contributed by atoms with Gasteiger partial charge in [-0.2, -0.15) is 0 Å². The molecule has 1 aliphatic heterocycles. The molecule has 0 bridgehead atoms. The van der Waals surface area contributed by atoms with Crippen molar-refractivity contribution in [1.82, 2.24) is 4.90 Å². The lowest BCUT2D eigenvalue weighted by molar-refractivity contribution is -0.128. The Kier molecular flexibility index (Phi) is 5.39. The highest BCUT2D eigenvalue weighted by atomic mass is 16.5. The third kappa shape index (κ3) is 3.64. The molecule has 4 nitrogen and oxygen atoms in total. The summed E-state index contributed by atoms with van der Waals surface area (Å²) in [6.45, 7) is 5.87. The summed E-state index contributed by atoms with van der Waals surface area (Å²) in [5.41, 5.74) is 3.24. The Morgan fingerprint density at radius 2 is 2.10 bits per heavy atom. The van der Waals surface area contributed by atoms with Gasteiger partial charge < -0.3 is 14.4 Å². The van der Waals surface area contributed by atoms with Gasteiger partial charge in [-0.05, 0) is 44.0 Å². The molecule has 0 saturated heterocycles. The lowest BCUT2D eigenvalue weighted by atomic mass is 10.00. The first-order valence-corrected chi connectivity index (χ1v) is 7.40. The van der Waals surface area contributed by atoms with E-state index in [4.69, 9.17) is 9.47 Å². The topological polar surface area (TPSA) is 38.8 Å². The van der Waals surface area contributed by atoms with Crippen molar-refractivity contribution in [3.05, 3.63) is 35.4 Å². The second-order valence-electron chi connectivity index (χ2n) is 5.08. The molecule has 0 aromatic heterocycles. The normalized spacial score (nSPS) is 15.1. The Morgan fingerprint density at radius 3 is 2.76 bits per heavy atom. The molecule has 0 saturated carbocycles. The van der Waals surface area contributed by atoms with Crippen molar-refractivity contribution in [2.24, 2.45) is 0 Å². The number of hydrogen-bond acceptors (Lipinski definition) is 3. The Balaban J connectivity index is 2.20. The molecule has 1 aromatic rings. The highest BCUT2D eigenvalue weighted by Crippen LogP contribution is 2.29. The lowest BCUT2D eigenvalue weighted by Crippen LogP contribution is -2.31. The molecule has 1 aromatic carbocycles. The molecule has 0 atom stereocenters. The summed E-state index contributed by atoms with van der Waals surface area (Å²) in [6, 6.07) is 6.00.